The lowest BCUT2D eigenvalue weighted by Gasteiger charge is -2.03. The number of aromatic nitrogens is 4. The van der Waals surface area contributed by atoms with Crippen LogP contribution in [0.2, 0.25) is 0 Å². The summed E-state index contributed by atoms with van der Waals surface area (Å²) in [5.41, 5.74) is 3.26. The molecule has 20 heavy (non-hydrogen) atoms. The van der Waals surface area contributed by atoms with Gasteiger partial charge in [-0.3, -0.25) is 0 Å². The summed E-state index contributed by atoms with van der Waals surface area (Å²) in [5.74, 6) is -1.34. The Morgan fingerprint density at radius 1 is 1.15 bits per heavy atom. The molecule has 2 heterocycles. The van der Waals surface area contributed by atoms with E-state index in [4.69, 9.17) is 5.11 Å². The summed E-state index contributed by atoms with van der Waals surface area (Å²) < 4.78 is 1.24. The minimum Gasteiger partial charge on any atom is -0.475 e. The average molecular weight is 268 g/mol. The van der Waals surface area contributed by atoms with Crippen molar-refractivity contribution in [2.75, 3.05) is 0 Å². The Labute approximate surface area is 114 Å². The zero-order valence-corrected chi connectivity index (χ0v) is 10.8. The van der Waals surface area contributed by atoms with Crippen molar-refractivity contribution in [3.05, 3.63) is 47.8 Å². The molecule has 0 bridgehead atoms. The van der Waals surface area contributed by atoms with Gasteiger partial charge in [0, 0.05) is 5.56 Å². The molecule has 2 aromatic heterocycles. The minimum atomic E-state index is -1.15. The molecule has 0 saturated heterocycles. The largest absolute Gasteiger partial charge is 0.475 e. The van der Waals surface area contributed by atoms with Crippen LogP contribution in [0.5, 0.6) is 0 Å². The van der Waals surface area contributed by atoms with Gasteiger partial charge < -0.3 is 5.11 Å². The van der Waals surface area contributed by atoms with E-state index in [-0.39, 0.29) is 5.82 Å². The number of hydrogen-bond acceptors (Lipinski definition) is 4. The summed E-state index contributed by atoms with van der Waals surface area (Å²) in [6.45, 7) is 2.09. The molecule has 0 fully saturated rings. The van der Waals surface area contributed by atoms with Crippen molar-refractivity contribution < 1.29 is 9.90 Å². The van der Waals surface area contributed by atoms with Crippen LogP contribution >= 0.6 is 0 Å². The third kappa shape index (κ3) is 2.01. The Kier molecular flexibility index (Phi) is 2.90. The molecular formula is C14H12N4O2. The summed E-state index contributed by atoms with van der Waals surface area (Å²) in [6, 6.07) is 11.5. The van der Waals surface area contributed by atoms with Crippen LogP contribution in [0.3, 0.4) is 0 Å². The number of benzene rings is 1. The highest BCUT2D eigenvalue weighted by molar-refractivity contribution is 5.84. The van der Waals surface area contributed by atoms with Crippen molar-refractivity contribution in [1.29, 1.82) is 0 Å². The third-order valence-corrected chi connectivity index (χ3v) is 3.11. The predicted molar refractivity (Wildman–Crippen MR) is 72.6 cm³/mol. The number of nitrogens with zero attached hydrogens (tertiary/aromatic N) is 4. The first-order chi connectivity index (χ1) is 9.69. The molecule has 0 radical (unpaired) electrons. The van der Waals surface area contributed by atoms with E-state index in [9.17, 15) is 4.79 Å². The summed E-state index contributed by atoms with van der Waals surface area (Å²) in [4.78, 5) is 11.0. The number of aromatic carboxylic acids is 1. The van der Waals surface area contributed by atoms with Crippen LogP contribution in [0.1, 0.15) is 23.1 Å². The van der Waals surface area contributed by atoms with Crippen LogP contribution in [-0.4, -0.2) is 30.9 Å². The van der Waals surface area contributed by atoms with Gasteiger partial charge in [-0.05, 0) is 24.1 Å². The fourth-order valence-corrected chi connectivity index (χ4v) is 1.99. The van der Waals surface area contributed by atoms with E-state index in [1.807, 2.05) is 24.3 Å². The van der Waals surface area contributed by atoms with Gasteiger partial charge in [0.15, 0.2) is 5.65 Å². The molecule has 0 unspecified atom stereocenters. The normalized spacial score (nSPS) is 10.8. The lowest BCUT2D eigenvalue weighted by atomic mass is 10.1. The summed E-state index contributed by atoms with van der Waals surface area (Å²) >= 11 is 0. The summed E-state index contributed by atoms with van der Waals surface area (Å²) in [7, 11) is 0. The number of carbonyl (C=O) groups is 1. The minimum absolute atomic E-state index is 0.188. The first kappa shape index (κ1) is 12.3. The van der Waals surface area contributed by atoms with Gasteiger partial charge >= 0.3 is 5.97 Å². The van der Waals surface area contributed by atoms with Crippen molar-refractivity contribution in [3.63, 3.8) is 0 Å². The highest BCUT2D eigenvalue weighted by atomic mass is 16.4. The first-order valence-electron chi connectivity index (χ1n) is 6.24. The van der Waals surface area contributed by atoms with Crippen LogP contribution in [0.15, 0.2) is 36.4 Å². The Morgan fingerprint density at radius 2 is 1.90 bits per heavy atom. The van der Waals surface area contributed by atoms with Crippen molar-refractivity contribution >= 4 is 11.6 Å². The smallest absolute Gasteiger partial charge is 0.375 e. The highest BCUT2D eigenvalue weighted by Gasteiger charge is 2.14. The standard InChI is InChI=1S/C14H12N4O2/c1-2-9-3-5-10(6-4-9)11-7-8-12-15-16-13(14(19)20)18(12)17-11/h3-8H,2H2,1H3,(H,19,20). The average Bonchev–Trinajstić information content (AvgIpc) is 2.90. The molecule has 0 saturated carbocycles. The lowest BCUT2D eigenvalue weighted by molar-refractivity contribution is 0.0680. The maximum absolute atomic E-state index is 11.0. The summed E-state index contributed by atoms with van der Waals surface area (Å²) in [5, 5.41) is 20.7. The molecule has 1 N–H and O–H groups in total. The number of hydrogen-bond donors (Lipinski definition) is 1. The summed E-state index contributed by atoms with van der Waals surface area (Å²) in [6.07, 6.45) is 0.974. The molecule has 0 spiro atoms. The van der Waals surface area contributed by atoms with Gasteiger partial charge in [-0.1, -0.05) is 31.2 Å². The van der Waals surface area contributed by atoms with E-state index < -0.39 is 5.97 Å². The first-order valence-corrected chi connectivity index (χ1v) is 6.24. The lowest BCUT2D eigenvalue weighted by Crippen LogP contribution is -2.06. The highest BCUT2D eigenvalue weighted by Crippen LogP contribution is 2.18. The molecule has 0 aliphatic heterocycles. The van der Waals surface area contributed by atoms with Gasteiger partial charge in [0.2, 0.25) is 0 Å². The second-order valence-corrected chi connectivity index (χ2v) is 4.37. The fraction of sp³-hybridized carbons (Fsp3) is 0.143. The third-order valence-electron chi connectivity index (χ3n) is 3.11. The topological polar surface area (TPSA) is 80.4 Å². The molecule has 0 aliphatic carbocycles. The van der Waals surface area contributed by atoms with E-state index in [2.05, 4.69) is 22.2 Å². The molecule has 0 amide bonds. The molecule has 3 rings (SSSR count). The van der Waals surface area contributed by atoms with Crippen molar-refractivity contribution in [3.8, 4) is 11.3 Å². The van der Waals surface area contributed by atoms with E-state index in [0.717, 1.165) is 12.0 Å². The van der Waals surface area contributed by atoms with Crippen molar-refractivity contribution in [2.24, 2.45) is 0 Å². The number of carboxylic acid groups (broad SMARTS) is 1. The van der Waals surface area contributed by atoms with Gasteiger partial charge in [-0.15, -0.1) is 10.2 Å². The van der Waals surface area contributed by atoms with E-state index >= 15 is 0 Å². The molecule has 6 heteroatoms. The molecule has 0 aliphatic rings. The fourth-order valence-electron chi connectivity index (χ4n) is 1.99. The quantitative estimate of drug-likeness (QED) is 0.786. The Bertz CT molecular complexity index is 777. The van der Waals surface area contributed by atoms with Crippen LogP contribution < -0.4 is 0 Å². The molecule has 1 aromatic carbocycles. The second-order valence-electron chi connectivity index (χ2n) is 4.37. The van der Waals surface area contributed by atoms with Gasteiger partial charge in [0.05, 0.1) is 5.69 Å². The van der Waals surface area contributed by atoms with Crippen LogP contribution in [0, 0.1) is 0 Å². The Morgan fingerprint density at radius 3 is 2.55 bits per heavy atom. The number of carboxylic acids is 1. The van der Waals surface area contributed by atoms with Gasteiger partial charge in [0.1, 0.15) is 0 Å². The van der Waals surface area contributed by atoms with Crippen LogP contribution in [0.25, 0.3) is 16.9 Å². The molecule has 100 valence electrons. The monoisotopic (exact) mass is 268 g/mol. The SMILES string of the molecule is CCc1ccc(-c2ccc3nnc(C(=O)O)n3n2)cc1. The van der Waals surface area contributed by atoms with E-state index in [1.165, 1.54) is 10.1 Å². The molecule has 6 nitrogen and oxygen atoms in total. The van der Waals surface area contributed by atoms with Gasteiger partial charge in [-0.2, -0.15) is 9.61 Å². The predicted octanol–water partition coefficient (Wildman–Crippen LogP) is 2.05. The van der Waals surface area contributed by atoms with E-state index in [0.29, 0.717) is 11.3 Å². The van der Waals surface area contributed by atoms with E-state index in [1.54, 1.807) is 12.1 Å². The molecular weight excluding hydrogens is 256 g/mol. The van der Waals surface area contributed by atoms with Crippen molar-refractivity contribution in [2.45, 2.75) is 13.3 Å². The zero-order valence-electron chi connectivity index (χ0n) is 10.8. The number of aryl methyl sites for hydroxylation is 1. The van der Waals surface area contributed by atoms with Crippen LogP contribution in [0.4, 0.5) is 0 Å². The molecule has 0 atom stereocenters. The van der Waals surface area contributed by atoms with Crippen molar-refractivity contribution in [1.82, 2.24) is 19.8 Å². The van der Waals surface area contributed by atoms with Gasteiger partial charge in [-0.25, -0.2) is 4.79 Å². The molecule has 3 aromatic rings. The second kappa shape index (κ2) is 4.73. The number of fused-ring (bicyclic) bond motifs is 1. The maximum atomic E-state index is 11.0. The zero-order chi connectivity index (χ0) is 14.1. The number of rotatable bonds is 3. The Hall–Kier alpha value is -2.76. The van der Waals surface area contributed by atoms with Gasteiger partial charge in [0.25, 0.3) is 5.82 Å². The Balaban J connectivity index is 2.11. The maximum Gasteiger partial charge on any atom is 0.375 e. The van der Waals surface area contributed by atoms with Crippen LogP contribution in [-0.2, 0) is 6.42 Å².